The lowest BCUT2D eigenvalue weighted by atomic mass is 10.1. The van der Waals surface area contributed by atoms with Gasteiger partial charge in [-0.2, -0.15) is 0 Å². The van der Waals surface area contributed by atoms with Gasteiger partial charge in [0.2, 0.25) is 5.91 Å². The van der Waals surface area contributed by atoms with Crippen molar-refractivity contribution in [3.63, 3.8) is 0 Å². The number of hydrogen-bond acceptors (Lipinski definition) is 3. The van der Waals surface area contributed by atoms with Crippen LogP contribution in [-0.4, -0.2) is 31.4 Å². The van der Waals surface area contributed by atoms with E-state index in [9.17, 15) is 9.59 Å². The van der Waals surface area contributed by atoms with Gasteiger partial charge in [-0.25, -0.2) is 0 Å². The van der Waals surface area contributed by atoms with Crippen LogP contribution in [0.4, 0.5) is 11.4 Å². The third kappa shape index (κ3) is 5.09. The fourth-order valence-electron chi connectivity index (χ4n) is 3.11. The molecule has 2 aromatic carbocycles. The molecule has 2 N–H and O–H groups in total. The average molecular weight is 351 g/mol. The van der Waals surface area contributed by atoms with Gasteiger partial charge in [0, 0.05) is 43.0 Å². The molecule has 1 fully saturated rings. The molecule has 1 saturated heterocycles. The lowest BCUT2D eigenvalue weighted by Gasteiger charge is -2.28. The van der Waals surface area contributed by atoms with Gasteiger partial charge in [-0.15, -0.1) is 0 Å². The standard InChI is InChI=1S/C21H25N3O2/c25-20(13-14-22-21(26)17-7-3-1-4-8-17)23-18-9-11-19(12-10-18)24-15-5-2-6-16-24/h1,3-4,7-12H,2,5-6,13-16H2,(H,22,26)(H,23,25). The van der Waals surface area contributed by atoms with Gasteiger partial charge in [0.05, 0.1) is 0 Å². The molecular formula is C21H25N3O2. The fourth-order valence-corrected chi connectivity index (χ4v) is 3.11. The summed E-state index contributed by atoms with van der Waals surface area (Å²) in [7, 11) is 0. The number of nitrogens with one attached hydrogen (secondary N) is 2. The van der Waals surface area contributed by atoms with Crippen LogP contribution >= 0.6 is 0 Å². The molecule has 3 rings (SSSR count). The summed E-state index contributed by atoms with van der Waals surface area (Å²) in [6.45, 7) is 2.52. The Labute approximate surface area is 154 Å². The monoisotopic (exact) mass is 351 g/mol. The van der Waals surface area contributed by atoms with Crippen LogP contribution in [0.3, 0.4) is 0 Å². The highest BCUT2D eigenvalue weighted by molar-refractivity contribution is 5.95. The highest BCUT2D eigenvalue weighted by atomic mass is 16.2. The van der Waals surface area contributed by atoms with E-state index >= 15 is 0 Å². The molecule has 0 spiro atoms. The van der Waals surface area contributed by atoms with E-state index in [2.05, 4.69) is 27.7 Å². The summed E-state index contributed by atoms with van der Waals surface area (Å²) in [5, 5.41) is 5.64. The Hall–Kier alpha value is -2.82. The van der Waals surface area contributed by atoms with Gasteiger partial charge in [-0.3, -0.25) is 9.59 Å². The molecule has 136 valence electrons. The molecule has 2 amide bonds. The maximum absolute atomic E-state index is 12.0. The quantitative estimate of drug-likeness (QED) is 0.838. The summed E-state index contributed by atoms with van der Waals surface area (Å²) < 4.78 is 0. The molecule has 1 aliphatic rings. The number of carbonyl (C=O) groups is 2. The lowest BCUT2D eigenvalue weighted by Crippen LogP contribution is -2.29. The molecule has 0 aromatic heterocycles. The maximum Gasteiger partial charge on any atom is 0.251 e. The predicted molar refractivity (Wildman–Crippen MR) is 105 cm³/mol. The summed E-state index contributed by atoms with van der Waals surface area (Å²) in [6.07, 6.45) is 4.04. The van der Waals surface area contributed by atoms with E-state index in [1.54, 1.807) is 12.1 Å². The zero-order valence-electron chi connectivity index (χ0n) is 14.9. The van der Waals surface area contributed by atoms with Crippen LogP contribution in [0.1, 0.15) is 36.0 Å². The number of benzene rings is 2. The van der Waals surface area contributed by atoms with Crippen molar-refractivity contribution in [1.82, 2.24) is 5.32 Å². The molecule has 1 aliphatic heterocycles. The van der Waals surface area contributed by atoms with E-state index in [1.165, 1.54) is 24.9 Å². The van der Waals surface area contributed by atoms with Crippen LogP contribution in [0.2, 0.25) is 0 Å². The molecular weight excluding hydrogens is 326 g/mol. The van der Waals surface area contributed by atoms with Crippen molar-refractivity contribution in [3.8, 4) is 0 Å². The minimum Gasteiger partial charge on any atom is -0.372 e. The van der Waals surface area contributed by atoms with Crippen LogP contribution in [0.25, 0.3) is 0 Å². The van der Waals surface area contributed by atoms with E-state index < -0.39 is 0 Å². The van der Waals surface area contributed by atoms with Gasteiger partial charge in [-0.1, -0.05) is 18.2 Å². The van der Waals surface area contributed by atoms with Crippen molar-refractivity contribution >= 4 is 23.2 Å². The van der Waals surface area contributed by atoms with Crippen molar-refractivity contribution in [2.75, 3.05) is 29.9 Å². The van der Waals surface area contributed by atoms with Crippen molar-refractivity contribution in [1.29, 1.82) is 0 Å². The molecule has 0 aliphatic carbocycles. The Morgan fingerprint density at radius 1 is 0.885 bits per heavy atom. The number of amides is 2. The van der Waals surface area contributed by atoms with Gasteiger partial charge in [0.15, 0.2) is 0 Å². The molecule has 0 unspecified atom stereocenters. The highest BCUT2D eigenvalue weighted by Gasteiger charge is 2.11. The zero-order chi connectivity index (χ0) is 18.2. The Morgan fingerprint density at radius 3 is 2.27 bits per heavy atom. The van der Waals surface area contributed by atoms with E-state index in [4.69, 9.17) is 0 Å². The number of anilines is 2. The summed E-state index contributed by atoms with van der Waals surface area (Å²) in [5.41, 5.74) is 2.59. The van der Waals surface area contributed by atoms with Crippen LogP contribution < -0.4 is 15.5 Å². The maximum atomic E-state index is 12.0. The van der Waals surface area contributed by atoms with Gasteiger partial charge in [-0.05, 0) is 55.7 Å². The number of hydrogen-bond donors (Lipinski definition) is 2. The topological polar surface area (TPSA) is 61.4 Å². The molecule has 0 atom stereocenters. The van der Waals surface area contributed by atoms with E-state index in [-0.39, 0.29) is 18.2 Å². The second kappa shape index (κ2) is 9.04. The first-order valence-electron chi connectivity index (χ1n) is 9.20. The smallest absolute Gasteiger partial charge is 0.251 e. The number of carbonyl (C=O) groups excluding carboxylic acids is 2. The minimum atomic E-state index is -0.163. The Kier molecular flexibility index (Phi) is 6.25. The van der Waals surface area contributed by atoms with Crippen molar-refractivity contribution in [3.05, 3.63) is 60.2 Å². The van der Waals surface area contributed by atoms with E-state index in [0.717, 1.165) is 18.8 Å². The van der Waals surface area contributed by atoms with Crippen molar-refractivity contribution < 1.29 is 9.59 Å². The van der Waals surface area contributed by atoms with Crippen LogP contribution in [0.15, 0.2) is 54.6 Å². The second-order valence-electron chi connectivity index (χ2n) is 6.51. The van der Waals surface area contributed by atoms with Crippen LogP contribution in [-0.2, 0) is 4.79 Å². The molecule has 1 heterocycles. The molecule has 26 heavy (non-hydrogen) atoms. The molecule has 0 saturated carbocycles. The van der Waals surface area contributed by atoms with Gasteiger partial charge in [0.1, 0.15) is 0 Å². The first kappa shape index (κ1) is 18.0. The molecule has 5 heteroatoms. The van der Waals surface area contributed by atoms with Crippen LogP contribution in [0.5, 0.6) is 0 Å². The summed E-state index contributed by atoms with van der Waals surface area (Å²) in [4.78, 5) is 26.4. The molecule has 5 nitrogen and oxygen atoms in total. The zero-order valence-corrected chi connectivity index (χ0v) is 14.9. The Balaban J connectivity index is 1.42. The lowest BCUT2D eigenvalue weighted by molar-refractivity contribution is -0.116. The normalized spacial score (nSPS) is 13.9. The first-order chi connectivity index (χ1) is 12.7. The average Bonchev–Trinajstić information content (AvgIpc) is 2.70. The second-order valence-corrected chi connectivity index (χ2v) is 6.51. The van der Waals surface area contributed by atoms with Gasteiger partial charge < -0.3 is 15.5 Å². The van der Waals surface area contributed by atoms with Crippen molar-refractivity contribution in [2.45, 2.75) is 25.7 Å². The Bertz CT molecular complexity index is 723. The molecule has 0 radical (unpaired) electrons. The van der Waals surface area contributed by atoms with Gasteiger partial charge in [0.25, 0.3) is 5.91 Å². The first-order valence-corrected chi connectivity index (χ1v) is 9.20. The van der Waals surface area contributed by atoms with Crippen molar-refractivity contribution in [2.24, 2.45) is 0 Å². The third-order valence-electron chi connectivity index (χ3n) is 4.55. The molecule has 0 bridgehead atoms. The van der Waals surface area contributed by atoms with Gasteiger partial charge >= 0.3 is 0 Å². The SMILES string of the molecule is O=C(CCNC(=O)c1ccccc1)Nc1ccc(N2CCCCC2)cc1. The number of piperidine rings is 1. The largest absolute Gasteiger partial charge is 0.372 e. The number of nitrogens with zero attached hydrogens (tertiary/aromatic N) is 1. The summed E-state index contributed by atoms with van der Waals surface area (Å²) in [5.74, 6) is -0.270. The summed E-state index contributed by atoms with van der Waals surface area (Å²) in [6, 6.07) is 17.0. The predicted octanol–water partition coefficient (Wildman–Crippen LogP) is 3.44. The minimum absolute atomic E-state index is 0.107. The highest BCUT2D eigenvalue weighted by Crippen LogP contribution is 2.21. The summed E-state index contributed by atoms with van der Waals surface area (Å²) >= 11 is 0. The Morgan fingerprint density at radius 2 is 1.58 bits per heavy atom. The number of rotatable bonds is 6. The van der Waals surface area contributed by atoms with Crippen LogP contribution in [0, 0.1) is 0 Å². The third-order valence-corrected chi connectivity index (χ3v) is 4.55. The molecule has 2 aromatic rings. The van der Waals surface area contributed by atoms with E-state index in [1.807, 2.05) is 30.3 Å². The van der Waals surface area contributed by atoms with E-state index in [0.29, 0.717) is 12.1 Å². The fraction of sp³-hybridized carbons (Fsp3) is 0.333.